The molecule has 2 aliphatic rings. The van der Waals surface area contributed by atoms with Crippen molar-refractivity contribution in [2.45, 2.75) is 45.1 Å². The lowest BCUT2D eigenvalue weighted by Crippen LogP contribution is -2.42. The summed E-state index contributed by atoms with van der Waals surface area (Å²) in [6.45, 7) is 7.48. The number of amides is 1. The normalized spacial score (nSPS) is 23.8. The molecule has 0 aromatic carbocycles. The van der Waals surface area contributed by atoms with E-state index in [9.17, 15) is 4.79 Å². The molecule has 2 fully saturated rings. The van der Waals surface area contributed by atoms with Crippen LogP contribution in [0.5, 0.6) is 0 Å². The zero-order valence-electron chi connectivity index (χ0n) is 12.5. The summed E-state index contributed by atoms with van der Waals surface area (Å²) in [6, 6.07) is 0.542. The number of hydrogen-bond acceptors (Lipinski definition) is 3. The minimum atomic E-state index is 0.334. The molecule has 0 spiro atoms. The predicted octanol–water partition coefficient (Wildman–Crippen LogP) is 1.32. The summed E-state index contributed by atoms with van der Waals surface area (Å²) < 4.78 is 0. The standard InChI is InChI=1S/C15H29N3O/c1-13(14-6-11-17(2)12-7-14)16-8-5-15(19)18-9-3-4-10-18/h13-14,16H,3-12H2,1-2H3. The maximum atomic E-state index is 11.9. The molecule has 1 unspecified atom stereocenters. The lowest BCUT2D eigenvalue weighted by Gasteiger charge is -2.33. The van der Waals surface area contributed by atoms with E-state index in [0.717, 1.165) is 25.6 Å². The highest BCUT2D eigenvalue weighted by Crippen LogP contribution is 2.19. The molecule has 0 saturated carbocycles. The van der Waals surface area contributed by atoms with Crippen molar-refractivity contribution in [2.24, 2.45) is 5.92 Å². The van der Waals surface area contributed by atoms with Gasteiger partial charge in [0.1, 0.15) is 0 Å². The number of hydrogen-bond donors (Lipinski definition) is 1. The van der Waals surface area contributed by atoms with Gasteiger partial charge in [-0.3, -0.25) is 4.79 Å². The van der Waals surface area contributed by atoms with E-state index in [1.54, 1.807) is 0 Å². The van der Waals surface area contributed by atoms with Crippen molar-refractivity contribution in [2.75, 3.05) is 39.8 Å². The Kier molecular flexibility index (Phi) is 5.64. The van der Waals surface area contributed by atoms with E-state index >= 15 is 0 Å². The summed E-state index contributed by atoms with van der Waals surface area (Å²) >= 11 is 0. The first kappa shape index (κ1) is 14.8. The molecule has 110 valence electrons. The third-order valence-electron chi connectivity index (χ3n) is 4.73. The van der Waals surface area contributed by atoms with Crippen molar-refractivity contribution in [1.29, 1.82) is 0 Å². The first-order valence-electron chi connectivity index (χ1n) is 7.86. The SMILES string of the molecule is CC(NCCC(=O)N1CCCC1)C1CCN(C)CC1. The maximum Gasteiger partial charge on any atom is 0.223 e. The minimum absolute atomic E-state index is 0.334. The van der Waals surface area contributed by atoms with Gasteiger partial charge in [-0.2, -0.15) is 0 Å². The van der Waals surface area contributed by atoms with Crippen molar-refractivity contribution >= 4 is 5.91 Å². The number of piperidine rings is 1. The van der Waals surface area contributed by atoms with E-state index in [2.05, 4.69) is 24.2 Å². The van der Waals surface area contributed by atoms with Crippen molar-refractivity contribution in [3.63, 3.8) is 0 Å². The molecule has 2 rings (SSSR count). The summed E-state index contributed by atoms with van der Waals surface area (Å²) in [5.74, 6) is 1.11. The highest BCUT2D eigenvalue weighted by Gasteiger charge is 2.22. The highest BCUT2D eigenvalue weighted by atomic mass is 16.2. The Balaban J connectivity index is 1.60. The molecule has 2 heterocycles. The fourth-order valence-corrected chi connectivity index (χ4v) is 3.23. The molecule has 19 heavy (non-hydrogen) atoms. The predicted molar refractivity (Wildman–Crippen MR) is 78.1 cm³/mol. The summed E-state index contributed by atoms with van der Waals surface area (Å²) in [5, 5.41) is 3.56. The average Bonchev–Trinajstić information content (AvgIpc) is 2.93. The van der Waals surface area contributed by atoms with Gasteiger partial charge in [0.25, 0.3) is 0 Å². The molecular weight excluding hydrogens is 238 g/mol. The molecule has 0 aromatic rings. The number of nitrogens with one attached hydrogen (secondary N) is 1. The number of rotatable bonds is 5. The Hall–Kier alpha value is -0.610. The van der Waals surface area contributed by atoms with Crippen LogP contribution >= 0.6 is 0 Å². The van der Waals surface area contributed by atoms with Crippen LogP contribution in [0.25, 0.3) is 0 Å². The Morgan fingerprint density at radius 3 is 2.47 bits per heavy atom. The van der Waals surface area contributed by atoms with Gasteiger partial charge in [-0.1, -0.05) is 0 Å². The van der Waals surface area contributed by atoms with Crippen LogP contribution in [0.15, 0.2) is 0 Å². The van der Waals surface area contributed by atoms with E-state index in [4.69, 9.17) is 0 Å². The first-order valence-corrected chi connectivity index (χ1v) is 7.86. The molecule has 0 bridgehead atoms. The molecule has 4 nitrogen and oxygen atoms in total. The van der Waals surface area contributed by atoms with Gasteiger partial charge in [0, 0.05) is 32.1 Å². The van der Waals surface area contributed by atoms with Crippen LogP contribution in [0.3, 0.4) is 0 Å². The van der Waals surface area contributed by atoms with Crippen molar-refractivity contribution in [3.05, 3.63) is 0 Å². The minimum Gasteiger partial charge on any atom is -0.343 e. The fourth-order valence-electron chi connectivity index (χ4n) is 3.23. The summed E-state index contributed by atoms with van der Waals surface area (Å²) in [4.78, 5) is 16.3. The van der Waals surface area contributed by atoms with Crippen LogP contribution in [0, 0.1) is 5.92 Å². The zero-order valence-corrected chi connectivity index (χ0v) is 12.5. The molecule has 1 atom stereocenters. The molecule has 0 radical (unpaired) electrons. The smallest absolute Gasteiger partial charge is 0.223 e. The van der Waals surface area contributed by atoms with Crippen LogP contribution in [-0.4, -0.2) is 61.5 Å². The highest BCUT2D eigenvalue weighted by molar-refractivity contribution is 5.76. The number of nitrogens with zero attached hydrogens (tertiary/aromatic N) is 2. The van der Waals surface area contributed by atoms with Gasteiger partial charge in [0.05, 0.1) is 0 Å². The summed E-state index contributed by atoms with van der Waals surface area (Å²) in [5.41, 5.74) is 0. The molecule has 1 N–H and O–H groups in total. The average molecular weight is 267 g/mol. The Labute approximate surface area is 117 Å². The summed E-state index contributed by atoms with van der Waals surface area (Å²) in [6.07, 6.45) is 5.60. The van der Waals surface area contributed by atoms with Crippen LogP contribution < -0.4 is 5.32 Å². The lowest BCUT2D eigenvalue weighted by molar-refractivity contribution is -0.130. The van der Waals surface area contributed by atoms with E-state index in [-0.39, 0.29) is 0 Å². The van der Waals surface area contributed by atoms with E-state index < -0.39 is 0 Å². The van der Waals surface area contributed by atoms with Crippen molar-refractivity contribution in [3.8, 4) is 0 Å². The van der Waals surface area contributed by atoms with Gasteiger partial charge in [-0.15, -0.1) is 0 Å². The van der Waals surface area contributed by atoms with Gasteiger partial charge in [-0.05, 0) is 58.7 Å². The topological polar surface area (TPSA) is 35.6 Å². The molecule has 2 saturated heterocycles. The third-order valence-corrected chi connectivity index (χ3v) is 4.73. The van der Waals surface area contributed by atoms with Crippen molar-refractivity contribution < 1.29 is 4.79 Å². The second-order valence-electron chi connectivity index (χ2n) is 6.22. The van der Waals surface area contributed by atoms with Crippen LogP contribution in [0.4, 0.5) is 0 Å². The van der Waals surface area contributed by atoms with Gasteiger partial charge in [0.2, 0.25) is 5.91 Å². The van der Waals surface area contributed by atoms with Crippen LogP contribution in [0.2, 0.25) is 0 Å². The quantitative estimate of drug-likeness (QED) is 0.816. The maximum absolute atomic E-state index is 11.9. The Morgan fingerprint density at radius 1 is 1.21 bits per heavy atom. The van der Waals surface area contributed by atoms with Crippen molar-refractivity contribution in [1.82, 2.24) is 15.1 Å². The molecule has 0 aromatic heterocycles. The fraction of sp³-hybridized carbons (Fsp3) is 0.933. The second kappa shape index (κ2) is 7.25. The molecule has 4 heteroatoms. The van der Waals surface area contributed by atoms with E-state index in [0.29, 0.717) is 18.4 Å². The number of likely N-dealkylation sites (tertiary alicyclic amines) is 2. The lowest BCUT2D eigenvalue weighted by atomic mass is 9.90. The van der Waals surface area contributed by atoms with Gasteiger partial charge in [0.15, 0.2) is 0 Å². The van der Waals surface area contributed by atoms with E-state index in [1.807, 2.05) is 4.90 Å². The van der Waals surface area contributed by atoms with Gasteiger partial charge in [-0.25, -0.2) is 0 Å². The number of carbonyl (C=O) groups is 1. The van der Waals surface area contributed by atoms with Crippen LogP contribution in [0.1, 0.15) is 39.0 Å². The van der Waals surface area contributed by atoms with E-state index in [1.165, 1.54) is 38.8 Å². The van der Waals surface area contributed by atoms with Gasteiger partial charge >= 0.3 is 0 Å². The summed E-state index contributed by atoms with van der Waals surface area (Å²) in [7, 11) is 2.20. The first-order chi connectivity index (χ1) is 9.16. The van der Waals surface area contributed by atoms with Crippen LogP contribution in [-0.2, 0) is 4.79 Å². The number of carbonyl (C=O) groups excluding carboxylic acids is 1. The zero-order chi connectivity index (χ0) is 13.7. The molecule has 2 aliphatic heterocycles. The molecule has 0 aliphatic carbocycles. The molecule has 1 amide bonds. The Bertz CT molecular complexity index is 281. The van der Waals surface area contributed by atoms with Gasteiger partial charge < -0.3 is 15.1 Å². The Morgan fingerprint density at radius 2 is 1.84 bits per heavy atom. The monoisotopic (exact) mass is 267 g/mol. The largest absolute Gasteiger partial charge is 0.343 e. The third kappa shape index (κ3) is 4.46. The molecular formula is C15H29N3O. The second-order valence-corrected chi connectivity index (χ2v) is 6.22.